The Morgan fingerprint density at radius 1 is 1.24 bits per heavy atom. The number of rotatable bonds is 5. The number of nitrogens with one attached hydrogen (secondary N) is 1. The van der Waals surface area contributed by atoms with Crippen molar-refractivity contribution in [3.05, 3.63) is 95.1 Å². The lowest BCUT2D eigenvalue weighted by atomic mass is 9.92. The minimum absolute atomic E-state index is 0.0914. The number of aryl methyl sites for hydroxylation is 2. The molecule has 0 aliphatic heterocycles. The molecule has 5 heteroatoms. The van der Waals surface area contributed by atoms with Gasteiger partial charge in [0, 0.05) is 6.42 Å². The van der Waals surface area contributed by atoms with Gasteiger partial charge >= 0.3 is 6.05 Å². The molecular weight excluding hydrogens is 373 g/mol. The molecule has 0 aromatic heterocycles. The molecule has 0 saturated carbocycles. The van der Waals surface area contributed by atoms with Crippen LogP contribution in [0.25, 0.3) is 0 Å². The molecule has 1 N–H and O–H groups in total. The van der Waals surface area contributed by atoms with Crippen LogP contribution in [0.1, 0.15) is 45.0 Å². The van der Waals surface area contributed by atoms with Crippen molar-refractivity contribution in [2.75, 3.05) is 0 Å². The van der Waals surface area contributed by atoms with Gasteiger partial charge in [-0.25, -0.2) is 9.71 Å². The molecule has 0 amide bonds. The van der Waals surface area contributed by atoms with Crippen LogP contribution in [0.4, 0.5) is 13.2 Å². The predicted molar refractivity (Wildman–Crippen MR) is 111 cm³/mol. The third kappa shape index (κ3) is 4.96. The molecule has 0 radical (unpaired) electrons. The van der Waals surface area contributed by atoms with Gasteiger partial charge in [0.25, 0.3) is 0 Å². The zero-order valence-electron chi connectivity index (χ0n) is 16.7. The van der Waals surface area contributed by atoms with E-state index >= 15 is 0 Å². The van der Waals surface area contributed by atoms with E-state index in [2.05, 4.69) is 31.1 Å². The van der Waals surface area contributed by atoms with Gasteiger partial charge < -0.3 is 0 Å². The van der Waals surface area contributed by atoms with E-state index in [0.29, 0.717) is 23.6 Å². The smallest absolute Gasteiger partial charge is 0.245 e. The molecular formula is C24H25F3N2. The average Bonchev–Trinajstić information content (AvgIpc) is 3.02. The topological polar surface area (TPSA) is 35.8 Å². The van der Waals surface area contributed by atoms with Crippen molar-refractivity contribution in [3.63, 3.8) is 0 Å². The summed E-state index contributed by atoms with van der Waals surface area (Å²) in [6, 6.07) is 7.09. The third-order valence-corrected chi connectivity index (χ3v) is 5.01. The molecule has 2 unspecified atom stereocenters. The molecule has 2 aromatic rings. The summed E-state index contributed by atoms with van der Waals surface area (Å²) < 4.78 is 42.2. The zero-order chi connectivity index (χ0) is 21.8. The van der Waals surface area contributed by atoms with Gasteiger partial charge in [0.05, 0.1) is 17.7 Å². The Labute approximate surface area is 170 Å². The molecule has 1 aliphatic carbocycles. The fourth-order valence-corrected chi connectivity index (χ4v) is 3.84. The van der Waals surface area contributed by atoms with Crippen LogP contribution in [0.5, 0.6) is 0 Å². The van der Waals surface area contributed by atoms with Crippen LogP contribution in [0, 0.1) is 25.2 Å². The van der Waals surface area contributed by atoms with Gasteiger partial charge in [-0.05, 0) is 71.9 Å². The second-order valence-electron chi connectivity index (χ2n) is 7.10. The van der Waals surface area contributed by atoms with Gasteiger partial charge in [0.1, 0.15) is 6.17 Å². The fourth-order valence-electron chi connectivity index (χ4n) is 3.84. The first-order valence-corrected chi connectivity index (χ1v) is 9.29. The summed E-state index contributed by atoms with van der Waals surface area (Å²) in [4.78, 5) is 0. The van der Waals surface area contributed by atoms with E-state index in [1.165, 1.54) is 0 Å². The van der Waals surface area contributed by atoms with Crippen molar-refractivity contribution in [1.29, 1.82) is 5.26 Å². The standard InChI is InChI=1S/C22H21F3N2.C2H4/c1-4-22(24,25)27-21-19(23)11-18-17(6-5-14(3)20(18)21)10-15-7-13(2)8-16(9-15)12-26;1-2/h4-9,19,21,27H,1,10-11H2,2-3H3;1-2H2. The number of hydrogen-bond donors (Lipinski definition) is 1. The molecule has 29 heavy (non-hydrogen) atoms. The Morgan fingerprint density at radius 3 is 2.55 bits per heavy atom. The first-order valence-electron chi connectivity index (χ1n) is 9.29. The van der Waals surface area contributed by atoms with Gasteiger partial charge in [-0.2, -0.15) is 14.0 Å². The van der Waals surface area contributed by atoms with Crippen LogP contribution in [0.3, 0.4) is 0 Å². The summed E-state index contributed by atoms with van der Waals surface area (Å²) >= 11 is 0. The van der Waals surface area contributed by atoms with Crippen molar-refractivity contribution in [1.82, 2.24) is 5.32 Å². The number of nitriles is 1. The monoisotopic (exact) mass is 398 g/mol. The summed E-state index contributed by atoms with van der Waals surface area (Å²) in [5.41, 5.74) is 5.56. The maximum absolute atomic E-state index is 14.7. The van der Waals surface area contributed by atoms with Crippen LogP contribution in [-0.2, 0) is 12.8 Å². The minimum atomic E-state index is -3.34. The predicted octanol–water partition coefficient (Wildman–Crippen LogP) is 5.87. The third-order valence-electron chi connectivity index (χ3n) is 5.01. The van der Waals surface area contributed by atoms with E-state index in [-0.39, 0.29) is 6.42 Å². The van der Waals surface area contributed by atoms with Crippen molar-refractivity contribution in [3.8, 4) is 6.07 Å². The van der Waals surface area contributed by atoms with Crippen molar-refractivity contribution in [2.24, 2.45) is 0 Å². The number of halogens is 3. The summed E-state index contributed by atoms with van der Waals surface area (Å²) in [6.07, 6.45) is -0.324. The largest absolute Gasteiger partial charge is 0.322 e. The summed E-state index contributed by atoms with van der Waals surface area (Å²) in [5.74, 6) is 0. The van der Waals surface area contributed by atoms with E-state index in [1.807, 2.05) is 38.1 Å². The fraction of sp³-hybridized carbons (Fsp3) is 0.292. The lowest BCUT2D eigenvalue weighted by Gasteiger charge is -2.23. The summed E-state index contributed by atoms with van der Waals surface area (Å²) in [5, 5.41) is 11.3. The highest BCUT2D eigenvalue weighted by Crippen LogP contribution is 2.40. The molecule has 152 valence electrons. The van der Waals surface area contributed by atoms with Gasteiger partial charge in [-0.3, -0.25) is 0 Å². The Hall–Kier alpha value is -2.84. The first-order chi connectivity index (χ1) is 13.7. The summed E-state index contributed by atoms with van der Waals surface area (Å²) in [7, 11) is 0. The van der Waals surface area contributed by atoms with E-state index in [4.69, 9.17) is 5.26 Å². The van der Waals surface area contributed by atoms with E-state index in [0.717, 1.165) is 27.8 Å². The Balaban J connectivity index is 0.00000145. The van der Waals surface area contributed by atoms with Crippen molar-refractivity contribution < 1.29 is 13.2 Å². The summed E-state index contributed by atoms with van der Waals surface area (Å²) in [6.45, 7) is 12.8. The first kappa shape index (κ1) is 22.4. The quantitative estimate of drug-likeness (QED) is 0.505. The molecule has 0 spiro atoms. The number of alkyl halides is 3. The molecule has 2 nitrogen and oxygen atoms in total. The maximum atomic E-state index is 14.7. The molecule has 2 atom stereocenters. The number of hydrogen-bond acceptors (Lipinski definition) is 2. The normalized spacial score (nSPS) is 17.7. The SMILES string of the molecule is C=C.C=CC(F)(F)NC1c2c(C)ccc(Cc3cc(C)cc(C#N)c3)c2CC1F. The van der Waals surface area contributed by atoms with Gasteiger partial charge in [-0.15, -0.1) is 13.2 Å². The van der Waals surface area contributed by atoms with Gasteiger partial charge in [0.15, 0.2) is 0 Å². The van der Waals surface area contributed by atoms with Crippen molar-refractivity contribution >= 4 is 0 Å². The lowest BCUT2D eigenvalue weighted by Crippen LogP contribution is -2.40. The Bertz CT molecular complexity index is 944. The molecule has 0 fully saturated rings. The van der Waals surface area contributed by atoms with E-state index in [9.17, 15) is 13.2 Å². The highest BCUT2D eigenvalue weighted by Gasteiger charge is 2.40. The molecule has 1 aliphatic rings. The zero-order valence-corrected chi connectivity index (χ0v) is 16.7. The van der Waals surface area contributed by atoms with Crippen LogP contribution in [0.15, 0.2) is 56.1 Å². The lowest BCUT2D eigenvalue weighted by molar-refractivity contribution is -0.00459. The van der Waals surface area contributed by atoms with Crippen LogP contribution < -0.4 is 5.32 Å². The van der Waals surface area contributed by atoms with Gasteiger partial charge in [-0.1, -0.05) is 24.8 Å². The van der Waals surface area contributed by atoms with E-state index < -0.39 is 18.3 Å². The van der Waals surface area contributed by atoms with Crippen LogP contribution in [-0.4, -0.2) is 12.2 Å². The highest BCUT2D eigenvalue weighted by atomic mass is 19.3. The second kappa shape index (κ2) is 9.11. The second-order valence-corrected chi connectivity index (χ2v) is 7.10. The number of benzene rings is 2. The maximum Gasteiger partial charge on any atom is 0.322 e. The molecule has 0 bridgehead atoms. The molecule has 0 heterocycles. The van der Waals surface area contributed by atoms with E-state index in [1.54, 1.807) is 6.07 Å². The molecule has 3 rings (SSSR count). The Morgan fingerprint density at radius 2 is 1.93 bits per heavy atom. The van der Waals surface area contributed by atoms with Crippen LogP contribution in [0.2, 0.25) is 0 Å². The average molecular weight is 398 g/mol. The highest BCUT2D eigenvalue weighted by molar-refractivity contribution is 5.49. The van der Waals surface area contributed by atoms with Crippen LogP contribution >= 0.6 is 0 Å². The molecule has 0 saturated heterocycles. The van der Waals surface area contributed by atoms with Gasteiger partial charge in [0.2, 0.25) is 0 Å². The molecule has 2 aromatic carbocycles. The minimum Gasteiger partial charge on any atom is -0.245 e. The number of fused-ring (bicyclic) bond motifs is 1. The number of nitrogens with zero attached hydrogens (tertiary/aromatic N) is 1. The Kier molecular flexibility index (Phi) is 7.05. The van der Waals surface area contributed by atoms with Crippen molar-refractivity contribution in [2.45, 2.75) is 44.9 Å².